The summed E-state index contributed by atoms with van der Waals surface area (Å²) in [7, 11) is -1.59. The van der Waals surface area contributed by atoms with Crippen LogP contribution in [0.15, 0.2) is 29.2 Å². The fourth-order valence-electron chi connectivity index (χ4n) is 3.23. The predicted molar refractivity (Wildman–Crippen MR) is 111 cm³/mol. The fourth-order valence-corrected chi connectivity index (χ4v) is 6.42. The minimum atomic E-state index is -3.13. The van der Waals surface area contributed by atoms with Crippen LogP contribution in [0.1, 0.15) is 18.9 Å². The topological polar surface area (TPSA) is 74.8 Å². The van der Waals surface area contributed by atoms with Crippen molar-refractivity contribution in [1.29, 1.82) is 0 Å². The maximum atomic E-state index is 13.4. The third-order valence-corrected chi connectivity index (χ3v) is 7.90. The van der Waals surface area contributed by atoms with Crippen molar-refractivity contribution >= 4 is 56.0 Å². The van der Waals surface area contributed by atoms with Crippen molar-refractivity contribution in [2.45, 2.75) is 25.4 Å². The van der Waals surface area contributed by atoms with Crippen molar-refractivity contribution in [3.05, 3.63) is 40.6 Å². The number of nitrogens with zero attached hydrogens (tertiary/aromatic N) is 2. The molecule has 0 radical (unpaired) electrons. The fraction of sp³-hybridized carbons (Fsp3) is 0.389. The highest BCUT2D eigenvalue weighted by atomic mass is 32.2. The lowest BCUT2D eigenvalue weighted by molar-refractivity contribution is -0.139. The smallest absolute Gasteiger partial charge is 0.266 e. The molecule has 2 atom stereocenters. The van der Waals surface area contributed by atoms with Crippen LogP contribution in [0.5, 0.6) is 0 Å². The zero-order valence-electron chi connectivity index (χ0n) is 15.3. The number of carbonyl (C=O) groups excluding carboxylic acids is 2. The van der Waals surface area contributed by atoms with Crippen LogP contribution in [-0.4, -0.2) is 65.0 Å². The summed E-state index contributed by atoms with van der Waals surface area (Å²) in [5.41, 5.74) is 0.521. The van der Waals surface area contributed by atoms with Crippen molar-refractivity contribution < 1.29 is 22.4 Å². The third kappa shape index (κ3) is 4.28. The van der Waals surface area contributed by atoms with E-state index in [1.165, 1.54) is 28.0 Å². The Bertz CT molecular complexity index is 977. The van der Waals surface area contributed by atoms with Crippen LogP contribution in [-0.2, 0) is 19.4 Å². The minimum absolute atomic E-state index is 0.0566. The molecule has 0 spiro atoms. The maximum absolute atomic E-state index is 13.4. The molecule has 2 aliphatic rings. The highest BCUT2D eigenvalue weighted by Crippen LogP contribution is 2.34. The van der Waals surface area contributed by atoms with Gasteiger partial charge in [0.2, 0.25) is 5.91 Å². The first-order valence-corrected chi connectivity index (χ1v) is 11.6. The SMILES string of the molecule is C[C@H](C(=O)N(C)[C@@H]1CCS(=O)(=O)C1)N1C(=O)/C(=C\c2cccc(F)c2)SC1=S. The first-order valence-electron chi connectivity index (χ1n) is 8.59. The van der Waals surface area contributed by atoms with Crippen LogP contribution in [0.3, 0.4) is 0 Å². The molecule has 2 amide bonds. The van der Waals surface area contributed by atoms with Gasteiger partial charge in [0, 0.05) is 13.1 Å². The Morgan fingerprint density at radius 1 is 1.46 bits per heavy atom. The largest absolute Gasteiger partial charge is 0.340 e. The van der Waals surface area contributed by atoms with Crippen molar-refractivity contribution in [2.24, 2.45) is 0 Å². The molecular formula is C18H19FN2O4S3. The molecule has 2 heterocycles. The molecule has 3 rings (SSSR count). The summed E-state index contributed by atoms with van der Waals surface area (Å²) >= 11 is 6.33. The van der Waals surface area contributed by atoms with Crippen LogP contribution >= 0.6 is 24.0 Å². The van der Waals surface area contributed by atoms with Gasteiger partial charge in [0.15, 0.2) is 9.84 Å². The molecule has 10 heteroatoms. The van der Waals surface area contributed by atoms with E-state index in [9.17, 15) is 22.4 Å². The average molecular weight is 443 g/mol. The molecule has 0 bridgehead atoms. The van der Waals surface area contributed by atoms with E-state index >= 15 is 0 Å². The highest BCUT2D eigenvalue weighted by Gasteiger charge is 2.41. The van der Waals surface area contributed by atoms with Gasteiger partial charge in [-0.05, 0) is 37.1 Å². The van der Waals surface area contributed by atoms with E-state index in [0.29, 0.717) is 16.9 Å². The summed E-state index contributed by atoms with van der Waals surface area (Å²) in [6, 6.07) is 4.55. The normalized spacial score (nSPS) is 24.0. The van der Waals surface area contributed by atoms with E-state index in [1.807, 2.05) is 0 Å². The molecular weight excluding hydrogens is 423 g/mol. The molecule has 1 aromatic carbocycles. The molecule has 6 nitrogen and oxygen atoms in total. The first kappa shape index (κ1) is 20.9. The van der Waals surface area contributed by atoms with E-state index in [0.717, 1.165) is 11.8 Å². The van der Waals surface area contributed by atoms with E-state index in [4.69, 9.17) is 12.2 Å². The van der Waals surface area contributed by atoms with E-state index in [1.54, 1.807) is 26.1 Å². The van der Waals surface area contributed by atoms with Gasteiger partial charge in [-0.1, -0.05) is 36.1 Å². The lowest BCUT2D eigenvalue weighted by Gasteiger charge is -2.30. The maximum Gasteiger partial charge on any atom is 0.266 e. The second kappa shape index (κ2) is 7.92. The first-order chi connectivity index (χ1) is 13.1. The monoisotopic (exact) mass is 442 g/mol. The Labute approximate surface area is 172 Å². The second-order valence-corrected chi connectivity index (χ2v) is 10.7. The van der Waals surface area contributed by atoms with Gasteiger partial charge < -0.3 is 4.90 Å². The quantitative estimate of drug-likeness (QED) is 0.525. The summed E-state index contributed by atoms with van der Waals surface area (Å²) in [5, 5.41) is 0. The number of carbonyl (C=O) groups is 2. The summed E-state index contributed by atoms with van der Waals surface area (Å²) in [6.07, 6.45) is 1.92. The minimum Gasteiger partial charge on any atom is -0.340 e. The number of thiocarbonyl (C=S) groups is 1. The van der Waals surface area contributed by atoms with Gasteiger partial charge in [0.05, 0.1) is 16.4 Å². The average Bonchev–Trinajstić information content (AvgIpc) is 3.12. The van der Waals surface area contributed by atoms with Gasteiger partial charge in [0.25, 0.3) is 5.91 Å². The number of rotatable bonds is 4. The number of likely N-dealkylation sites (N-methyl/N-ethyl adjacent to an activating group) is 1. The Hall–Kier alpha value is -1.78. The molecule has 2 fully saturated rings. The molecule has 150 valence electrons. The number of hydrogen-bond donors (Lipinski definition) is 0. The zero-order valence-corrected chi connectivity index (χ0v) is 17.7. The summed E-state index contributed by atoms with van der Waals surface area (Å²) < 4.78 is 37.0. The van der Waals surface area contributed by atoms with Crippen LogP contribution in [0.2, 0.25) is 0 Å². The van der Waals surface area contributed by atoms with Crippen LogP contribution < -0.4 is 0 Å². The number of benzene rings is 1. The van der Waals surface area contributed by atoms with E-state index < -0.39 is 33.6 Å². The Balaban J connectivity index is 1.76. The number of halogens is 1. The van der Waals surface area contributed by atoms with Crippen molar-refractivity contribution in [2.75, 3.05) is 18.6 Å². The summed E-state index contributed by atoms with van der Waals surface area (Å²) in [6.45, 7) is 1.57. The molecule has 0 aromatic heterocycles. The summed E-state index contributed by atoms with van der Waals surface area (Å²) in [5.74, 6) is -1.22. The molecule has 1 aromatic rings. The Morgan fingerprint density at radius 3 is 2.79 bits per heavy atom. The van der Waals surface area contributed by atoms with Gasteiger partial charge in [0.1, 0.15) is 16.2 Å². The van der Waals surface area contributed by atoms with Gasteiger partial charge in [-0.2, -0.15) is 0 Å². The standard InChI is InChI=1S/C18H19FN2O4S3/c1-11(16(22)20(2)14-6-7-28(24,25)10-14)21-17(23)15(27-18(21)26)9-12-4-3-5-13(19)8-12/h3-5,8-9,11,14H,6-7,10H2,1-2H3/b15-9+/t11-,14-/m1/s1. The number of sulfone groups is 1. The number of hydrogen-bond acceptors (Lipinski definition) is 6. The van der Waals surface area contributed by atoms with Crippen molar-refractivity contribution in [1.82, 2.24) is 9.80 Å². The second-order valence-electron chi connectivity index (χ2n) is 6.79. The molecule has 28 heavy (non-hydrogen) atoms. The van der Waals surface area contributed by atoms with Crippen molar-refractivity contribution in [3.63, 3.8) is 0 Å². The lowest BCUT2D eigenvalue weighted by atomic mass is 10.1. The van der Waals surface area contributed by atoms with Gasteiger partial charge in [-0.15, -0.1) is 0 Å². The molecule has 2 saturated heterocycles. The molecule has 0 unspecified atom stereocenters. The Morgan fingerprint density at radius 2 is 2.18 bits per heavy atom. The van der Waals surface area contributed by atoms with Crippen LogP contribution in [0, 0.1) is 5.82 Å². The molecule has 0 saturated carbocycles. The van der Waals surface area contributed by atoms with Crippen molar-refractivity contribution in [3.8, 4) is 0 Å². The highest BCUT2D eigenvalue weighted by molar-refractivity contribution is 8.26. The van der Waals surface area contributed by atoms with Crippen LogP contribution in [0.25, 0.3) is 6.08 Å². The van der Waals surface area contributed by atoms with Gasteiger partial charge in [-0.25, -0.2) is 12.8 Å². The lowest BCUT2D eigenvalue weighted by Crippen LogP contribution is -2.50. The van der Waals surface area contributed by atoms with Crippen LogP contribution in [0.4, 0.5) is 4.39 Å². The number of amides is 2. The molecule has 0 aliphatic carbocycles. The van der Waals surface area contributed by atoms with Gasteiger partial charge in [-0.3, -0.25) is 14.5 Å². The predicted octanol–water partition coefficient (Wildman–Crippen LogP) is 2.06. The van der Waals surface area contributed by atoms with Gasteiger partial charge >= 0.3 is 0 Å². The molecule has 0 N–H and O–H groups in total. The molecule has 2 aliphatic heterocycles. The third-order valence-electron chi connectivity index (χ3n) is 4.82. The number of thioether (sulfide) groups is 1. The zero-order chi connectivity index (χ0) is 20.6. The van der Waals surface area contributed by atoms with E-state index in [-0.39, 0.29) is 21.7 Å². The van der Waals surface area contributed by atoms with E-state index in [2.05, 4.69) is 0 Å². The Kier molecular flexibility index (Phi) is 5.92. The summed E-state index contributed by atoms with van der Waals surface area (Å²) in [4.78, 5) is 28.5.